The van der Waals surface area contributed by atoms with Crippen LogP contribution in [0, 0.1) is 0 Å². The highest BCUT2D eigenvalue weighted by molar-refractivity contribution is 7.88. The summed E-state index contributed by atoms with van der Waals surface area (Å²) in [4.78, 5) is 13.6. The standard InChI is InChI=1S/C10H18N2O3S2/c1-17(14,15)11-4-2-8(3-5-11)12-7-9(16)6-10(12)13/h8-9,16H,2-7H2,1H3. The van der Waals surface area contributed by atoms with E-state index in [1.165, 1.54) is 10.6 Å². The fraction of sp³-hybridized carbons (Fsp3) is 0.900. The second-order valence-electron chi connectivity index (χ2n) is 4.80. The van der Waals surface area contributed by atoms with E-state index >= 15 is 0 Å². The number of carbonyl (C=O) groups is 1. The lowest BCUT2D eigenvalue weighted by Gasteiger charge is -2.35. The SMILES string of the molecule is CS(=O)(=O)N1CCC(N2CC(S)CC2=O)CC1. The number of hydrogen-bond acceptors (Lipinski definition) is 4. The maximum atomic E-state index is 11.7. The predicted octanol–water partition coefficient (Wildman–Crippen LogP) is -0.0589. The smallest absolute Gasteiger partial charge is 0.224 e. The zero-order valence-electron chi connectivity index (χ0n) is 9.87. The highest BCUT2D eigenvalue weighted by atomic mass is 32.2. The Morgan fingerprint density at radius 3 is 2.29 bits per heavy atom. The number of sulfonamides is 1. The van der Waals surface area contributed by atoms with E-state index in [0.29, 0.717) is 26.1 Å². The first kappa shape index (κ1) is 13.2. The lowest BCUT2D eigenvalue weighted by molar-refractivity contribution is -0.130. The Bertz CT molecular complexity index is 402. The van der Waals surface area contributed by atoms with Crippen LogP contribution in [0.1, 0.15) is 19.3 Å². The molecule has 1 amide bonds. The van der Waals surface area contributed by atoms with Crippen LogP contribution >= 0.6 is 12.6 Å². The Kier molecular flexibility index (Phi) is 3.70. The Labute approximate surface area is 108 Å². The largest absolute Gasteiger partial charge is 0.338 e. The van der Waals surface area contributed by atoms with Gasteiger partial charge < -0.3 is 4.90 Å². The Hall–Kier alpha value is -0.270. The molecular formula is C10H18N2O3S2. The van der Waals surface area contributed by atoms with Crippen molar-refractivity contribution in [2.45, 2.75) is 30.6 Å². The van der Waals surface area contributed by atoms with Gasteiger partial charge in [0.2, 0.25) is 15.9 Å². The molecule has 2 saturated heterocycles. The summed E-state index contributed by atoms with van der Waals surface area (Å²) >= 11 is 4.33. The van der Waals surface area contributed by atoms with Crippen molar-refractivity contribution in [3.63, 3.8) is 0 Å². The third kappa shape index (κ3) is 2.95. The van der Waals surface area contributed by atoms with Crippen LogP contribution < -0.4 is 0 Å². The molecule has 2 fully saturated rings. The number of hydrogen-bond donors (Lipinski definition) is 1. The number of amides is 1. The lowest BCUT2D eigenvalue weighted by Crippen LogP contribution is -2.47. The van der Waals surface area contributed by atoms with E-state index in [4.69, 9.17) is 0 Å². The summed E-state index contributed by atoms with van der Waals surface area (Å²) in [7, 11) is -3.08. The van der Waals surface area contributed by atoms with E-state index in [0.717, 1.165) is 12.8 Å². The molecule has 98 valence electrons. The summed E-state index contributed by atoms with van der Waals surface area (Å²) in [5, 5.41) is 0.135. The van der Waals surface area contributed by atoms with Gasteiger partial charge in [-0.25, -0.2) is 12.7 Å². The minimum absolute atomic E-state index is 0.135. The van der Waals surface area contributed by atoms with Gasteiger partial charge in [0.1, 0.15) is 0 Å². The van der Waals surface area contributed by atoms with Gasteiger partial charge in [0.05, 0.1) is 6.26 Å². The number of piperidine rings is 1. The van der Waals surface area contributed by atoms with E-state index in [-0.39, 0.29) is 17.2 Å². The molecule has 1 unspecified atom stereocenters. The molecule has 2 aliphatic heterocycles. The van der Waals surface area contributed by atoms with Crippen molar-refractivity contribution in [2.24, 2.45) is 0 Å². The molecule has 0 aromatic rings. The molecule has 2 aliphatic rings. The maximum Gasteiger partial charge on any atom is 0.224 e. The summed E-state index contributed by atoms with van der Waals surface area (Å²) < 4.78 is 24.2. The summed E-state index contributed by atoms with van der Waals surface area (Å²) in [6, 6.07) is 0.192. The fourth-order valence-electron chi connectivity index (χ4n) is 2.55. The third-order valence-electron chi connectivity index (χ3n) is 3.47. The van der Waals surface area contributed by atoms with Gasteiger partial charge in [0, 0.05) is 37.3 Å². The zero-order valence-corrected chi connectivity index (χ0v) is 11.6. The second-order valence-corrected chi connectivity index (χ2v) is 7.51. The summed E-state index contributed by atoms with van der Waals surface area (Å²) in [6.07, 6.45) is 3.21. The molecule has 0 aromatic heterocycles. The summed E-state index contributed by atoms with van der Waals surface area (Å²) in [6.45, 7) is 1.74. The van der Waals surface area contributed by atoms with E-state index in [9.17, 15) is 13.2 Å². The monoisotopic (exact) mass is 278 g/mol. The van der Waals surface area contributed by atoms with Gasteiger partial charge in [-0.1, -0.05) is 0 Å². The Balaban J connectivity index is 1.94. The highest BCUT2D eigenvalue weighted by Gasteiger charge is 2.35. The van der Waals surface area contributed by atoms with Crippen molar-refractivity contribution in [3.05, 3.63) is 0 Å². The van der Waals surface area contributed by atoms with Crippen molar-refractivity contribution in [2.75, 3.05) is 25.9 Å². The second kappa shape index (κ2) is 4.78. The molecule has 2 rings (SSSR count). The molecule has 1 atom stereocenters. The molecule has 0 aliphatic carbocycles. The van der Waals surface area contributed by atoms with Crippen molar-refractivity contribution in [3.8, 4) is 0 Å². The van der Waals surface area contributed by atoms with Crippen molar-refractivity contribution >= 4 is 28.6 Å². The van der Waals surface area contributed by atoms with Crippen molar-refractivity contribution < 1.29 is 13.2 Å². The van der Waals surface area contributed by atoms with Gasteiger partial charge in [-0.05, 0) is 12.8 Å². The normalized spacial score (nSPS) is 28.9. The molecule has 2 heterocycles. The van der Waals surface area contributed by atoms with Gasteiger partial charge in [-0.2, -0.15) is 12.6 Å². The lowest BCUT2D eigenvalue weighted by atomic mass is 10.1. The quantitative estimate of drug-likeness (QED) is 0.720. The highest BCUT2D eigenvalue weighted by Crippen LogP contribution is 2.25. The first-order valence-corrected chi connectivity index (χ1v) is 8.17. The Morgan fingerprint density at radius 2 is 1.88 bits per heavy atom. The molecular weight excluding hydrogens is 260 g/mol. The average Bonchev–Trinajstić information content (AvgIpc) is 2.57. The molecule has 0 saturated carbocycles. The van der Waals surface area contributed by atoms with Crippen LogP contribution in [-0.2, 0) is 14.8 Å². The minimum Gasteiger partial charge on any atom is -0.338 e. The molecule has 0 N–H and O–H groups in total. The third-order valence-corrected chi connectivity index (χ3v) is 5.12. The van der Waals surface area contributed by atoms with Crippen molar-refractivity contribution in [1.29, 1.82) is 0 Å². The first-order chi connectivity index (χ1) is 7.88. The van der Waals surface area contributed by atoms with Crippen molar-refractivity contribution in [1.82, 2.24) is 9.21 Å². The molecule has 0 spiro atoms. The van der Waals surface area contributed by atoms with Crippen LogP contribution in [-0.4, -0.2) is 60.7 Å². The first-order valence-electron chi connectivity index (χ1n) is 5.80. The average molecular weight is 278 g/mol. The minimum atomic E-state index is -3.08. The van der Waals surface area contributed by atoms with Crippen LogP contribution in [0.25, 0.3) is 0 Å². The van der Waals surface area contributed by atoms with Crippen LogP contribution in [0.4, 0.5) is 0 Å². The zero-order chi connectivity index (χ0) is 12.6. The van der Waals surface area contributed by atoms with Gasteiger partial charge in [-0.3, -0.25) is 4.79 Å². The molecule has 5 nitrogen and oxygen atoms in total. The van der Waals surface area contributed by atoms with Crippen LogP contribution in [0.2, 0.25) is 0 Å². The molecule has 17 heavy (non-hydrogen) atoms. The molecule has 0 radical (unpaired) electrons. The number of carbonyl (C=O) groups excluding carboxylic acids is 1. The van der Waals surface area contributed by atoms with E-state index in [1.807, 2.05) is 4.90 Å². The number of thiol groups is 1. The number of nitrogens with zero attached hydrogens (tertiary/aromatic N) is 2. The maximum absolute atomic E-state index is 11.7. The molecule has 0 bridgehead atoms. The topological polar surface area (TPSA) is 57.7 Å². The molecule has 7 heteroatoms. The van der Waals surface area contributed by atoms with E-state index < -0.39 is 10.0 Å². The van der Waals surface area contributed by atoms with Gasteiger partial charge in [0.25, 0.3) is 0 Å². The van der Waals surface area contributed by atoms with Crippen LogP contribution in [0.15, 0.2) is 0 Å². The van der Waals surface area contributed by atoms with E-state index in [1.54, 1.807) is 0 Å². The van der Waals surface area contributed by atoms with Gasteiger partial charge in [-0.15, -0.1) is 0 Å². The molecule has 0 aromatic carbocycles. The Morgan fingerprint density at radius 1 is 1.29 bits per heavy atom. The summed E-state index contributed by atoms with van der Waals surface area (Å²) in [5.41, 5.74) is 0. The van der Waals surface area contributed by atoms with Crippen LogP contribution in [0.3, 0.4) is 0 Å². The predicted molar refractivity (Wildman–Crippen MR) is 68.5 cm³/mol. The number of rotatable bonds is 2. The van der Waals surface area contributed by atoms with Gasteiger partial charge >= 0.3 is 0 Å². The van der Waals surface area contributed by atoms with E-state index in [2.05, 4.69) is 12.6 Å². The van der Waals surface area contributed by atoms with Crippen LogP contribution in [0.5, 0.6) is 0 Å². The van der Waals surface area contributed by atoms with Gasteiger partial charge in [0.15, 0.2) is 0 Å². The summed E-state index contributed by atoms with van der Waals surface area (Å²) in [5.74, 6) is 0.155. The fourth-order valence-corrected chi connectivity index (χ4v) is 3.76. The number of likely N-dealkylation sites (tertiary alicyclic amines) is 1.